The molecule has 2 aromatic carbocycles. The summed E-state index contributed by atoms with van der Waals surface area (Å²) in [5.74, 6) is -0.132. The van der Waals surface area contributed by atoms with Gasteiger partial charge in [-0.1, -0.05) is 6.07 Å². The number of nitrogens with zero attached hydrogens (tertiary/aromatic N) is 4. The van der Waals surface area contributed by atoms with E-state index in [2.05, 4.69) is 20.6 Å². The second-order valence-corrected chi connectivity index (χ2v) is 11.0. The summed E-state index contributed by atoms with van der Waals surface area (Å²) in [6.45, 7) is 2.04. The number of rotatable bonds is 9. The van der Waals surface area contributed by atoms with Gasteiger partial charge in [0.15, 0.2) is 0 Å². The van der Waals surface area contributed by atoms with Gasteiger partial charge in [0.05, 0.1) is 41.3 Å². The number of carbonyl (C=O) groups excluding carboxylic acids is 1. The number of thiophene rings is 1. The van der Waals surface area contributed by atoms with E-state index in [0.717, 1.165) is 34.0 Å². The predicted molar refractivity (Wildman–Crippen MR) is 165 cm³/mol. The number of benzene rings is 2. The van der Waals surface area contributed by atoms with Crippen LogP contribution in [-0.2, 0) is 16.6 Å². The average molecular weight is 613 g/mol. The van der Waals surface area contributed by atoms with Crippen molar-refractivity contribution in [3.05, 3.63) is 71.4 Å². The van der Waals surface area contributed by atoms with Crippen LogP contribution in [0.1, 0.15) is 18.7 Å². The van der Waals surface area contributed by atoms with Crippen molar-refractivity contribution in [1.29, 1.82) is 0 Å². The number of H-pyrrole nitrogens is 1. The number of hydrogen-bond donors (Lipinski definition) is 2. The number of hydrogen-bond acceptors (Lipinski definition) is 7. The van der Waals surface area contributed by atoms with Crippen LogP contribution >= 0.6 is 11.3 Å². The fourth-order valence-corrected chi connectivity index (χ4v) is 6.06. The number of terminal acetylenes is 1. The van der Waals surface area contributed by atoms with Crippen molar-refractivity contribution in [1.82, 2.24) is 30.3 Å². The number of ether oxygens (including phenoxy) is 2. The molecule has 0 bridgehead atoms. The lowest BCUT2D eigenvalue weighted by atomic mass is 9.96. The van der Waals surface area contributed by atoms with E-state index in [-0.39, 0.29) is 24.5 Å². The number of pyridine rings is 1. The first-order chi connectivity index (χ1) is 21.3. The van der Waals surface area contributed by atoms with Gasteiger partial charge in [-0.3, -0.25) is 14.6 Å². The Balaban J connectivity index is 1.62. The molecule has 0 saturated heterocycles. The number of amides is 1. The molecule has 0 aliphatic rings. The molecular weight excluding hydrogens is 586 g/mol. The standard InChI is InChI=1S/C32H26F2N6O3S/c1-5-27(41)36-17(2)23-15-24(39-38-23)31-29(28-22(34)13-20(33)14-26(28)43-10-9-42-4)32-21(8-11-44-32)30(37-31)18-6-7-25-19(12-18)16-35-40(25)3/h1,6-8,11-17H,9-10H2,2-4H3,(H,36,41)(H,38,39)/t17-/m1/s1. The summed E-state index contributed by atoms with van der Waals surface area (Å²) in [4.78, 5) is 16.9. The first-order valence-electron chi connectivity index (χ1n) is 13.6. The number of carbonyl (C=O) groups is 1. The van der Waals surface area contributed by atoms with Gasteiger partial charge in [-0.25, -0.2) is 13.8 Å². The summed E-state index contributed by atoms with van der Waals surface area (Å²) in [6.07, 6.45) is 7.01. The minimum Gasteiger partial charge on any atom is -0.490 e. The maximum Gasteiger partial charge on any atom is 0.296 e. The molecule has 4 aromatic heterocycles. The van der Waals surface area contributed by atoms with E-state index in [1.54, 1.807) is 23.9 Å². The Hall–Kier alpha value is -5.12. The number of aromatic amines is 1. The quantitative estimate of drug-likeness (QED) is 0.153. The van der Waals surface area contributed by atoms with Gasteiger partial charge in [0.2, 0.25) is 0 Å². The molecule has 9 nitrogen and oxygen atoms in total. The summed E-state index contributed by atoms with van der Waals surface area (Å²) in [6, 6.07) is 11.0. The molecule has 2 N–H and O–H groups in total. The van der Waals surface area contributed by atoms with Gasteiger partial charge in [0, 0.05) is 52.9 Å². The molecule has 6 rings (SSSR count). The lowest BCUT2D eigenvalue weighted by molar-refractivity contribution is -0.116. The first-order valence-corrected chi connectivity index (χ1v) is 14.4. The van der Waals surface area contributed by atoms with Crippen molar-refractivity contribution in [3.8, 4) is 51.9 Å². The van der Waals surface area contributed by atoms with E-state index in [9.17, 15) is 9.18 Å². The van der Waals surface area contributed by atoms with Crippen LogP contribution in [-0.4, -0.2) is 51.2 Å². The second-order valence-electron chi connectivity index (χ2n) is 10.0. The lowest BCUT2D eigenvalue weighted by Gasteiger charge is -2.17. The van der Waals surface area contributed by atoms with Gasteiger partial charge >= 0.3 is 0 Å². The van der Waals surface area contributed by atoms with E-state index in [4.69, 9.17) is 20.9 Å². The van der Waals surface area contributed by atoms with Gasteiger partial charge in [-0.15, -0.1) is 17.8 Å². The summed E-state index contributed by atoms with van der Waals surface area (Å²) < 4.78 is 43.8. The second kappa shape index (κ2) is 11.9. The SMILES string of the molecule is C#CC(=O)N[C@H](C)c1cc(-c2nc(-c3ccc4c(cnn4C)c3)c3ccsc3c2-c2c(F)cc(F)cc2OCCOC)n[nH]1. The summed E-state index contributed by atoms with van der Waals surface area (Å²) in [5, 5.41) is 18.1. The Morgan fingerprint density at radius 1 is 1.16 bits per heavy atom. The Kier molecular flexibility index (Phi) is 7.82. The maximum absolute atomic E-state index is 15.9. The highest BCUT2D eigenvalue weighted by Crippen LogP contribution is 2.47. The van der Waals surface area contributed by atoms with Crippen LogP contribution in [0.15, 0.2) is 54.0 Å². The topological polar surface area (TPSA) is 107 Å². The van der Waals surface area contributed by atoms with Gasteiger partial charge in [0.1, 0.15) is 35.4 Å². The van der Waals surface area contributed by atoms with E-state index in [1.807, 2.05) is 42.6 Å². The fourth-order valence-electron chi connectivity index (χ4n) is 5.11. The molecule has 6 aromatic rings. The highest BCUT2D eigenvalue weighted by molar-refractivity contribution is 7.18. The highest BCUT2D eigenvalue weighted by Gasteiger charge is 2.27. The molecular formula is C32H26F2N6O3S. The zero-order valence-electron chi connectivity index (χ0n) is 23.9. The highest BCUT2D eigenvalue weighted by atomic mass is 32.1. The Bertz CT molecular complexity index is 2080. The monoisotopic (exact) mass is 612 g/mol. The molecule has 0 unspecified atom stereocenters. The van der Waals surface area contributed by atoms with Gasteiger partial charge in [-0.2, -0.15) is 10.2 Å². The molecule has 0 fully saturated rings. The molecule has 1 atom stereocenters. The molecule has 4 heterocycles. The van der Waals surface area contributed by atoms with Crippen LogP contribution in [0.3, 0.4) is 0 Å². The van der Waals surface area contributed by atoms with Crippen molar-refractivity contribution in [3.63, 3.8) is 0 Å². The van der Waals surface area contributed by atoms with Crippen molar-refractivity contribution in [2.45, 2.75) is 13.0 Å². The Morgan fingerprint density at radius 2 is 2.00 bits per heavy atom. The van der Waals surface area contributed by atoms with Crippen LogP contribution < -0.4 is 10.1 Å². The minimum atomic E-state index is -0.815. The van der Waals surface area contributed by atoms with Gasteiger partial charge in [0.25, 0.3) is 5.91 Å². The maximum atomic E-state index is 15.9. The Labute approximate surface area is 254 Å². The van der Waals surface area contributed by atoms with E-state index in [1.165, 1.54) is 18.4 Å². The number of aryl methyl sites for hydroxylation is 1. The van der Waals surface area contributed by atoms with Crippen molar-refractivity contribution in [2.24, 2.45) is 7.05 Å². The third kappa shape index (κ3) is 5.27. The normalized spacial score (nSPS) is 12.0. The summed E-state index contributed by atoms with van der Waals surface area (Å²) in [5.41, 5.74) is 4.13. The summed E-state index contributed by atoms with van der Waals surface area (Å²) in [7, 11) is 3.38. The van der Waals surface area contributed by atoms with Crippen molar-refractivity contribution >= 4 is 38.2 Å². The molecule has 0 aliphatic heterocycles. The number of methoxy groups -OCH3 is 1. The van der Waals surface area contributed by atoms with Crippen LogP contribution in [0.2, 0.25) is 0 Å². The number of fused-ring (bicyclic) bond motifs is 2. The third-order valence-electron chi connectivity index (χ3n) is 7.23. The zero-order valence-corrected chi connectivity index (χ0v) is 24.8. The van der Waals surface area contributed by atoms with Crippen LogP contribution in [0.5, 0.6) is 5.75 Å². The van der Waals surface area contributed by atoms with Crippen molar-refractivity contribution < 1.29 is 23.0 Å². The van der Waals surface area contributed by atoms with Crippen LogP contribution in [0, 0.1) is 24.0 Å². The molecule has 44 heavy (non-hydrogen) atoms. The van der Waals surface area contributed by atoms with E-state index >= 15 is 4.39 Å². The van der Waals surface area contributed by atoms with Gasteiger partial charge in [-0.05, 0) is 42.5 Å². The van der Waals surface area contributed by atoms with Crippen molar-refractivity contribution in [2.75, 3.05) is 20.3 Å². The molecule has 222 valence electrons. The predicted octanol–water partition coefficient (Wildman–Crippen LogP) is 6.02. The number of nitrogens with one attached hydrogen (secondary N) is 2. The molecule has 1 amide bonds. The smallest absolute Gasteiger partial charge is 0.296 e. The van der Waals surface area contributed by atoms with Crippen LogP contribution in [0.4, 0.5) is 8.78 Å². The number of aromatic nitrogens is 5. The van der Waals surface area contributed by atoms with E-state index in [0.29, 0.717) is 33.0 Å². The zero-order chi connectivity index (χ0) is 31.0. The first kappa shape index (κ1) is 29.0. The molecule has 0 radical (unpaired) electrons. The largest absolute Gasteiger partial charge is 0.490 e. The fraction of sp³-hybridized carbons (Fsp3) is 0.188. The lowest BCUT2D eigenvalue weighted by Crippen LogP contribution is -2.25. The Morgan fingerprint density at radius 3 is 2.80 bits per heavy atom. The summed E-state index contributed by atoms with van der Waals surface area (Å²) >= 11 is 1.39. The third-order valence-corrected chi connectivity index (χ3v) is 8.16. The molecule has 0 saturated carbocycles. The van der Waals surface area contributed by atoms with Crippen LogP contribution in [0.25, 0.3) is 54.8 Å². The van der Waals surface area contributed by atoms with E-state index < -0.39 is 23.6 Å². The molecule has 0 aliphatic carbocycles. The minimum absolute atomic E-state index is 0.00670. The molecule has 0 spiro atoms. The number of halogens is 2. The van der Waals surface area contributed by atoms with Gasteiger partial charge < -0.3 is 14.8 Å². The average Bonchev–Trinajstić information content (AvgIpc) is 3.77. The molecule has 12 heteroatoms.